The summed E-state index contributed by atoms with van der Waals surface area (Å²) in [7, 11) is 1.35. The van der Waals surface area contributed by atoms with E-state index >= 15 is 0 Å². The van der Waals surface area contributed by atoms with Crippen LogP contribution in [0.4, 0.5) is 4.39 Å². The van der Waals surface area contributed by atoms with Gasteiger partial charge in [0.05, 0.1) is 12.7 Å². The summed E-state index contributed by atoms with van der Waals surface area (Å²) in [5, 5.41) is 0. The molecule has 98 valence electrons. The van der Waals surface area contributed by atoms with E-state index in [1.165, 1.54) is 19.2 Å². The van der Waals surface area contributed by atoms with Crippen LogP contribution in [0.5, 0.6) is 0 Å². The fraction of sp³-hybridized carbons (Fsp3) is 0.188. The van der Waals surface area contributed by atoms with E-state index in [0.29, 0.717) is 5.56 Å². The van der Waals surface area contributed by atoms with Crippen molar-refractivity contribution in [3.05, 3.63) is 71.0 Å². The second-order valence-electron chi connectivity index (χ2n) is 4.39. The number of hydrogen-bond donors (Lipinski definition) is 0. The van der Waals surface area contributed by atoms with E-state index < -0.39 is 0 Å². The molecule has 0 fully saturated rings. The van der Waals surface area contributed by atoms with Gasteiger partial charge >= 0.3 is 5.97 Å². The van der Waals surface area contributed by atoms with Crippen LogP contribution in [0.25, 0.3) is 0 Å². The van der Waals surface area contributed by atoms with Crippen molar-refractivity contribution in [1.82, 2.24) is 0 Å². The second-order valence-corrected chi connectivity index (χ2v) is 4.39. The van der Waals surface area contributed by atoms with Gasteiger partial charge in [0.15, 0.2) is 0 Å². The molecule has 0 bridgehead atoms. The quantitative estimate of drug-likeness (QED) is 0.783. The van der Waals surface area contributed by atoms with Crippen molar-refractivity contribution in [2.45, 2.75) is 12.8 Å². The zero-order valence-electron chi connectivity index (χ0n) is 10.9. The molecule has 0 aromatic heterocycles. The summed E-state index contributed by atoms with van der Waals surface area (Å²) in [6.07, 6.45) is 0. The molecule has 0 heterocycles. The molecule has 0 aliphatic carbocycles. The summed E-state index contributed by atoms with van der Waals surface area (Å²) < 4.78 is 17.8. The molecule has 2 rings (SSSR count). The molecular weight excluding hydrogens is 243 g/mol. The molecule has 3 heteroatoms. The van der Waals surface area contributed by atoms with Gasteiger partial charge in [0, 0.05) is 5.92 Å². The predicted octanol–water partition coefficient (Wildman–Crippen LogP) is 3.76. The number of carbonyl (C=O) groups is 1. The molecule has 0 amide bonds. The number of halogens is 1. The molecule has 0 aliphatic heterocycles. The van der Waals surface area contributed by atoms with Crippen LogP contribution < -0.4 is 0 Å². The Morgan fingerprint density at radius 3 is 2.37 bits per heavy atom. The third kappa shape index (κ3) is 2.99. The Morgan fingerprint density at radius 2 is 1.79 bits per heavy atom. The molecule has 0 spiro atoms. The largest absolute Gasteiger partial charge is 0.465 e. The molecule has 0 aliphatic rings. The number of hydrogen-bond acceptors (Lipinski definition) is 2. The molecule has 1 atom stereocenters. The molecule has 1 unspecified atom stereocenters. The second kappa shape index (κ2) is 5.65. The van der Waals surface area contributed by atoms with Crippen LogP contribution in [0.2, 0.25) is 0 Å². The first-order valence-corrected chi connectivity index (χ1v) is 6.05. The van der Waals surface area contributed by atoms with Crippen molar-refractivity contribution in [3.8, 4) is 0 Å². The van der Waals surface area contributed by atoms with Crippen LogP contribution >= 0.6 is 0 Å². The number of ether oxygens (including phenoxy) is 1. The van der Waals surface area contributed by atoms with Gasteiger partial charge in [-0.2, -0.15) is 0 Å². The topological polar surface area (TPSA) is 26.3 Å². The lowest BCUT2D eigenvalue weighted by molar-refractivity contribution is 0.0600. The minimum absolute atomic E-state index is 0.0717. The first-order valence-electron chi connectivity index (χ1n) is 6.05. The molecule has 2 aromatic carbocycles. The van der Waals surface area contributed by atoms with Crippen LogP contribution in [0, 0.1) is 5.82 Å². The maximum absolute atomic E-state index is 13.2. The van der Waals surface area contributed by atoms with Crippen molar-refractivity contribution in [3.63, 3.8) is 0 Å². The molecule has 2 nitrogen and oxygen atoms in total. The maximum atomic E-state index is 13.2. The Hall–Kier alpha value is -2.16. The number of carbonyl (C=O) groups excluding carboxylic acids is 1. The van der Waals surface area contributed by atoms with Crippen LogP contribution in [0.15, 0.2) is 48.5 Å². The summed E-state index contributed by atoms with van der Waals surface area (Å²) >= 11 is 0. The predicted molar refractivity (Wildman–Crippen MR) is 71.7 cm³/mol. The van der Waals surface area contributed by atoms with Gasteiger partial charge in [-0.05, 0) is 35.4 Å². The van der Waals surface area contributed by atoms with E-state index in [-0.39, 0.29) is 17.7 Å². The minimum atomic E-state index is -0.357. The first kappa shape index (κ1) is 13.3. The lowest BCUT2D eigenvalue weighted by atomic mass is 9.92. The van der Waals surface area contributed by atoms with Gasteiger partial charge < -0.3 is 4.74 Å². The highest BCUT2D eigenvalue weighted by atomic mass is 19.1. The van der Waals surface area contributed by atoms with Crippen LogP contribution in [0.1, 0.15) is 34.3 Å². The summed E-state index contributed by atoms with van der Waals surface area (Å²) in [5.41, 5.74) is 2.45. The number of rotatable bonds is 3. The van der Waals surface area contributed by atoms with Gasteiger partial charge in [0.25, 0.3) is 0 Å². The van der Waals surface area contributed by atoms with Gasteiger partial charge in [-0.25, -0.2) is 9.18 Å². The average Bonchev–Trinajstić information content (AvgIpc) is 2.46. The van der Waals surface area contributed by atoms with E-state index in [0.717, 1.165) is 11.1 Å². The van der Waals surface area contributed by atoms with Crippen molar-refractivity contribution in [1.29, 1.82) is 0 Å². The minimum Gasteiger partial charge on any atom is -0.465 e. The Bertz CT molecular complexity index is 576. The smallest absolute Gasteiger partial charge is 0.337 e. The molecule has 0 saturated heterocycles. The molecular formula is C16H15FO2. The van der Waals surface area contributed by atoms with Gasteiger partial charge in [-0.3, -0.25) is 0 Å². The Balaban J connectivity index is 2.25. The highest BCUT2D eigenvalue weighted by Gasteiger charge is 2.11. The standard InChI is InChI=1S/C16H15FO2/c1-11(14-4-3-5-15(17)10-14)12-6-8-13(9-7-12)16(18)19-2/h3-11H,1-2H3. The van der Waals surface area contributed by atoms with Crippen LogP contribution in [-0.4, -0.2) is 13.1 Å². The van der Waals surface area contributed by atoms with Gasteiger partial charge in [-0.15, -0.1) is 0 Å². The Morgan fingerprint density at radius 1 is 1.11 bits per heavy atom. The number of benzene rings is 2. The highest BCUT2D eigenvalue weighted by molar-refractivity contribution is 5.89. The zero-order chi connectivity index (χ0) is 13.8. The Labute approximate surface area is 111 Å². The fourth-order valence-electron chi connectivity index (χ4n) is 1.99. The number of methoxy groups -OCH3 is 1. The van der Waals surface area contributed by atoms with Crippen molar-refractivity contribution >= 4 is 5.97 Å². The molecule has 0 N–H and O–H groups in total. The van der Waals surface area contributed by atoms with E-state index in [4.69, 9.17) is 0 Å². The van der Waals surface area contributed by atoms with E-state index in [2.05, 4.69) is 4.74 Å². The normalized spacial score (nSPS) is 11.9. The molecule has 2 aromatic rings. The monoisotopic (exact) mass is 258 g/mol. The van der Waals surface area contributed by atoms with Gasteiger partial charge in [-0.1, -0.05) is 31.2 Å². The summed E-state index contributed by atoms with van der Waals surface area (Å²) in [4.78, 5) is 11.3. The van der Waals surface area contributed by atoms with Crippen LogP contribution in [0.3, 0.4) is 0 Å². The summed E-state index contributed by atoms with van der Waals surface area (Å²) in [5.74, 6) is -0.525. The number of esters is 1. The first-order chi connectivity index (χ1) is 9.11. The zero-order valence-corrected chi connectivity index (χ0v) is 10.9. The lowest BCUT2D eigenvalue weighted by Gasteiger charge is -2.13. The molecule has 0 radical (unpaired) electrons. The lowest BCUT2D eigenvalue weighted by Crippen LogP contribution is -2.02. The summed E-state index contributed by atoms with van der Waals surface area (Å²) in [6.45, 7) is 2.00. The van der Waals surface area contributed by atoms with E-state index in [9.17, 15) is 9.18 Å². The van der Waals surface area contributed by atoms with E-state index in [1.54, 1.807) is 18.2 Å². The van der Waals surface area contributed by atoms with Gasteiger partial charge in [0.2, 0.25) is 0 Å². The Kier molecular flexibility index (Phi) is 3.95. The molecule has 19 heavy (non-hydrogen) atoms. The van der Waals surface area contributed by atoms with Gasteiger partial charge in [0.1, 0.15) is 5.82 Å². The summed E-state index contributed by atoms with van der Waals surface area (Å²) in [6, 6.07) is 13.7. The van der Waals surface area contributed by atoms with E-state index in [1.807, 2.05) is 25.1 Å². The fourth-order valence-corrected chi connectivity index (χ4v) is 1.99. The maximum Gasteiger partial charge on any atom is 0.337 e. The third-order valence-corrected chi connectivity index (χ3v) is 3.18. The van der Waals surface area contributed by atoms with Crippen molar-refractivity contribution in [2.24, 2.45) is 0 Å². The van der Waals surface area contributed by atoms with Crippen molar-refractivity contribution < 1.29 is 13.9 Å². The van der Waals surface area contributed by atoms with Crippen LogP contribution in [-0.2, 0) is 4.74 Å². The molecule has 0 saturated carbocycles. The highest BCUT2D eigenvalue weighted by Crippen LogP contribution is 2.24. The average molecular weight is 258 g/mol. The SMILES string of the molecule is COC(=O)c1ccc(C(C)c2cccc(F)c2)cc1. The third-order valence-electron chi connectivity index (χ3n) is 3.18. The van der Waals surface area contributed by atoms with Crippen molar-refractivity contribution in [2.75, 3.05) is 7.11 Å².